The summed E-state index contributed by atoms with van der Waals surface area (Å²) in [4.78, 5) is 23.8. The number of para-hydroxylation sites is 1. The van der Waals surface area contributed by atoms with Gasteiger partial charge in [0.25, 0.3) is 11.8 Å². The molecule has 0 aliphatic carbocycles. The van der Waals surface area contributed by atoms with Crippen LogP contribution >= 0.6 is 0 Å². The van der Waals surface area contributed by atoms with E-state index >= 15 is 0 Å². The number of benzene rings is 1. The Kier molecular flexibility index (Phi) is 5.50. The molecular formula is C18H20F2N4O3. The molecule has 0 radical (unpaired) electrons. The first-order chi connectivity index (χ1) is 12.9. The first kappa shape index (κ1) is 19.0. The van der Waals surface area contributed by atoms with Crippen molar-refractivity contribution in [3.63, 3.8) is 0 Å². The zero-order chi connectivity index (χ0) is 19.4. The molecular weight excluding hydrogens is 358 g/mol. The second-order valence-corrected chi connectivity index (χ2v) is 6.42. The summed E-state index contributed by atoms with van der Waals surface area (Å²) in [6, 6.07) is 9.63. The molecule has 2 aromatic rings. The van der Waals surface area contributed by atoms with Crippen molar-refractivity contribution in [2.24, 2.45) is 5.92 Å². The van der Waals surface area contributed by atoms with E-state index in [4.69, 9.17) is 0 Å². The third-order valence-corrected chi connectivity index (χ3v) is 4.57. The summed E-state index contributed by atoms with van der Waals surface area (Å²) in [7, 11) is 0. The first-order valence-electron chi connectivity index (χ1n) is 8.64. The lowest BCUT2D eigenvalue weighted by molar-refractivity contribution is -0.0587. The molecule has 27 heavy (non-hydrogen) atoms. The first-order valence-corrected chi connectivity index (χ1v) is 8.64. The van der Waals surface area contributed by atoms with Crippen LogP contribution in [0.25, 0.3) is 5.69 Å². The number of amides is 1. The van der Waals surface area contributed by atoms with Crippen molar-refractivity contribution in [2.75, 3.05) is 19.6 Å². The molecule has 0 saturated carbocycles. The molecule has 9 heteroatoms. The molecule has 1 unspecified atom stereocenters. The van der Waals surface area contributed by atoms with Crippen LogP contribution in [-0.4, -0.2) is 52.3 Å². The Morgan fingerprint density at radius 1 is 1.30 bits per heavy atom. The van der Waals surface area contributed by atoms with Crippen LogP contribution in [-0.2, 0) is 0 Å². The van der Waals surface area contributed by atoms with Gasteiger partial charge in [0.2, 0.25) is 0 Å². The Labute approximate surface area is 154 Å². The lowest BCUT2D eigenvalue weighted by Crippen LogP contribution is -2.38. The fourth-order valence-electron chi connectivity index (χ4n) is 3.04. The van der Waals surface area contributed by atoms with E-state index in [0.717, 1.165) is 10.7 Å². The predicted molar refractivity (Wildman–Crippen MR) is 93.4 cm³/mol. The minimum absolute atomic E-state index is 0.133. The van der Waals surface area contributed by atoms with Crippen LogP contribution in [0.5, 0.6) is 0 Å². The van der Waals surface area contributed by atoms with Crippen molar-refractivity contribution < 1.29 is 23.5 Å². The van der Waals surface area contributed by atoms with Crippen LogP contribution in [0.4, 0.5) is 8.78 Å². The summed E-state index contributed by atoms with van der Waals surface area (Å²) in [5.41, 5.74) is 0.164. The number of carboxylic acids is 1. The molecule has 1 saturated heterocycles. The van der Waals surface area contributed by atoms with Crippen LogP contribution in [0.15, 0.2) is 36.4 Å². The molecule has 1 fully saturated rings. The number of nitrogens with zero attached hydrogens (tertiary/aromatic N) is 2. The molecule has 0 spiro atoms. The Bertz CT molecular complexity index is 823. The smallest absolute Gasteiger partial charge is 0.354 e. The zero-order valence-corrected chi connectivity index (χ0v) is 14.5. The highest BCUT2D eigenvalue weighted by Crippen LogP contribution is 2.31. The van der Waals surface area contributed by atoms with E-state index in [2.05, 4.69) is 15.7 Å². The van der Waals surface area contributed by atoms with Crippen LogP contribution in [0, 0.1) is 5.92 Å². The number of halogens is 2. The Hall–Kier alpha value is -2.81. The van der Waals surface area contributed by atoms with Gasteiger partial charge in [0.15, 0.2) is 11.4 Å². The minimum Gasteiger partial charge on any atom is -0.477 e. The van der Waals surface area contributed by atoms with Crippen LogP contribution in [0.1, 0.15) is 33.8 Å². The molecule has 0 bridgehead atoms. The molecule has 3 N–H and O–H groups in total. The Morgan fingerprint density at radius 3 is 2.74 bits per heavy atom. The molecule has 1 aliphatic heterocycles. The van der Waals surface area contributed by atoms with Crippen molar-refractivity contribution in [1.82, 2.24) is 20.4 Å². The van der Waals surface area contributed by atoms with Crippen LogP contribution < -0.4 is 10.6 Å². The summed E-state index contributed by atoms with van der Waals surface area (Å²) in [5, 5.41) is 18.8. The Morgan fingerprint density at radius 2 is 2.04 bits per heavy atom. The highest BCUT2D eigenvalue weighted by atomic mass is 19.3. The molecule has 1 atom stereocenters. The van der Waals surface area contributed by atoms with Gasteiger partial charge >= 0.3 is 5.97 Å². The number of hydrogen-bond donors (Lipinski definition) is 3. The molecule has 2 heterocycles. The summed E-state index contributed by atoms with van der Waals surface area (Å²) in [6.07, 6.45) is -0.0363. The van der Waals surface area contributed by atoms with Crippen molar-refractivity contribution in [1.29, 1.82) is 0 Å². The number of carbonyl (C=O) groups excluding carboxylic acids is 1. The van der Waals surface area contributed by atoms with E-state index in [0.29, 0.717) is 12.2 Å². The van der Waals surface area contributed by atoms with Crippen molar-refractivity contribution in [3.05, 3.63) is 47.8 Å². The van der Waals surface area contributed by atoms with Gasteiger partial charge in [0.05, 0.1) is 5.69 Å². The number of aromatic nitrogens is 2. The number of aromatic carboxylic acids is 1. The summed E-state index contributed by atoms with van der Waals surface area (Å²) >= 11 is 0. The maximum absolute atomic E-state index is 14.1. The SMILES string of the molecule is O=C(NCC1CCNCCC1(F)F)c1cc(C(=O)O)n(-c2ccccc2)n1. The second-order valence-electron chi connectivity index (χ2n) is 6.42. The van der Waals surface area contributed by atoms with Crippen molar-refractivity contribution in [3.8, 4) is 5.69 Å². The van der Waals surface area contributed by atoms with Gasteiger partial charge in [-0.05, 0) is 25.1 Å². The van der Waals surface area contributed by atoms with Gasteiger partial charge in [-0.2, -0.15) is 5.10 Å². The fourth-order valence-corrected chi connectivity index (χ4v) is 3.04. The van der Waals surface area contributed by atoms with Crippen LogP contribution in [0.3, 0.4) is 0 Å². The number of hydrogen-bond acceptors (Lipinski definition) is 4. The summed E-state index contributed by atoms with van der Waals surface area (Å²) < 4.78 is 29.3. The molecule has 144 valence electrons. The van der Waals surface area contributed by atoms with Gasteiger partial charge in [-0.25, -0.2) is 18.3 Å². The number of nitrogens with one attached hydrogen (secondary N) is 2. The summed E-state index contributed by atoms with van der Waals surface area (Å²) in [6.45, 7) is 0.497. The van der Waals surface area contributed by atoms with Gasteiger partial charge in [0, 0.05) is 31.5 Å². The number of carboxylic acid groups (broad SMARTS) is 1. The van der Waals surface area contributed by atoms with Gasteiger partial charge in [-0.15, -0.1) is 0 Å². The lowest BCUT2D eigenvalue weighted by atomic mass is 9.96. The van der Waals surface area contributed by atoms with E-state index in [1.165, 1.54) is 0 Å². The standard InChI is InChI=1S/C18H20F2N4O3/c19-18(20)7-9-21-8-6-12(18)11-22-16(25)14-10-15(17(26)27)24(23-14)13-4-2-1-3-5-13/h1-5,10,12,21H,6-9,11H2,(H,22,25)(H,26,27). The fraction of sp³-hybridized carbons (Fsp3) is 0.389. The number of rotatable bonds is 5. The predicted octanol–water partition coefficient (Wildman–Crippen LogP) is 1.94. The molecule has 3 rings (SSSR count). The van der Waals surface area contributed by atoms with Crippen molar-refractivity contribution >= 4 is 11.9 Å². The van der Waals surface area contributed by atoms with Crippen molar-refractivity contribution in [2.45, 2.75) is 18.8 Å². The van der Waals surface area contributed by atoms with E-state index < -0.39 is 23.7 Å². The third-order valence-electron chi connectivity index (χ3n) is 4.57. The number of alkyl halides is 2. The monoisotopic (exact) mass is 378 g/mol. The van der Waals surface area contributed by atoms with E-state index in [9.17, 15) is 23.5 Å². The highest BCUT2D eigenvalue weighted by Gasteiger charge is 2.40. The highest BCUT2D eigenvalue weighted by molar-refractivity contribution is 5.95. The normalized spacial score (nSPS) is 19.3. The van der Waals surface area contributed by atoms with Gasteiger partial charge in [-0.3, -0.25) is 4.79 Å². The quantitative estimate of drug-likeness (QED) is 0.739. The molecule has 1 aliphatic rings. The summed E-state index contributed by atoms with van der Waals surface area (Å²) in [5.74, 6) is -5.77. The maximum Gasteiger partial charge on any atom is 0.354 e. The minimum atomic E-state index is -2.87. The zero-order valence-electron chi connectivity index (χ0n) is 14.5. The van der Waals surface area contributed by atoms with Crippen LogP contribution in [0.2, 0.25) is 0 Å². The average Bonchev–Trinajstić information content (AvgIpc) is 3.02. The molecule has 1 aromatic heterocycles. The number of carbonyl (C=O) groups is 2. The van der Waals surface area contributed by atoms with Gasteiger partial charge < -0.3 is 15.7 Å². The molecule has 7 nitrogen and oxygen atoms in total. The Balaban J connectivity index is 1.76. The maximum atomic E-state index is 14.1. The van der Waals surface area contributed by atoms with E-state index in [1.807, 2.05) is 0 Å². The van der Waals surface area contributed by atoms with E-state index in [1.54, 1.807) is 30.3 Å². The molecule has 1 aromatic carbocycles. The molecule has 1 amide bonds. The largest absolute Gasteiger partial charge is 0.477 e. The topological polar surface area (TPSA) is 96.3 Å². The van der Waals surface area contributed by atoms with Gasteiger partial charge in [0.1, 0.15) is 0 Å². The van der Waals surface area contributed by atoms with E-state index in [-0.39, 0.29) is 37.3 Å². The second kappa shape index (κ2) is 7.83. The third kappa shape index (κ3) is 4.30. The average molecular weight is 378 g/mol. The van der Waals surface area contributed by atoms with Gasteiger partial charge in [-0.1, -0.05) is 18.2 Å². The lowest BCUT2D eigenvalue weighted by Gasteiger charge is -2.24.